The smallest absolute Gasteiger partial charge is 0.412 e. The molecular weight excluding hydrogens is 579 g/mol. The minimum atomic E-state index is -0.801. The van der Waals surface area contributed by atoms with Crippen molar-refractivity contribution in [1.29, 1.82) is 0 Å². The Labute approximate surface area is 258 Å². The lowest BCUT2D eigenvalue weighted by Gasteiger charge is -2.21. The number of ether oxygens (including phenoxy) is 1. The molecule has 45 heavy (non-hydrogen) atoms. The van der Waals surface area contributed by atoms with E-state index < -0.39 is 17.5 Å². The van der Waals surface area contributed by atoms with E-state index in [9.17, 15) is 9.59 Å². The summed E-state index contributed by atoms with van der Waals surface area (Å²) in [4.78, 5) is 40.1. The summed E-state index contributed by atoms with van der Waals surface area (Å²) in [5.41, 5.74) is 2.04. The maximum absolute atomic E-state index is 16.3. The Bertz CT molecular complexity index is 1930. The molecule has 2 amide bonds. The van der Waals surface area contributed by atoms with Gasteiger partial charge in [0, 0.05) is 60.2 Å². The number of carbonyl (C=O) groups is 2. The second-order valence-electron chi connectivity index (χ2n) is 12.2. The highest BCUT2D eigenvalue weighted by Gasteiger charge is 2.26. The Morgan fingerprint density at radius 3 is 2.60 bits per heavy atom. The number of likely N-dealkylation sites (N-methyl/N-ethyl adjacent to an activating group) is 1. The summed E-state index contributed by atoms with van der Waals surface area (Å²) in [5.74, 6) is 0.732. The van der Waals surface area contributed by atoms with E-state index in [0.29, 0.717) is 46.1 Å². The van der Waals surface area contributed by atoms with E-state index in [1.54, 1.807) is 61.8 Å². The fraction of sp³-hybridized carbons (Fsp3) is 0.312. The number of anilines is 3. The van der Waals surface area contributed by atoms with Gasteiger partial charge < -0.3 is 19.4 Å². The van der Waals surface area contributed by atoms with Crippen molar-refractivity contribution in [2.24, 2.45) is 0 Å². The fourth-order valence-electron chi connectivity index (χ4n) is 5.37. The molecule has 0 saturated heterocycles. The molecule has 0 aliphatic carbocycles. The van der Waals surface area contributed by atoms with Gasteiger partial charge in [-0.15, -0.1) is 0 Å². The van der Waals surface area contributed by atoms with E-state index in [-0.39, 0.29) is 29.6 Å². The molecule has 1 unspecified atom stereocenters. The topological polar surface area (TPSA) is 140 Å². The number of carbonyl (C=O) groups excluding carboxylic acids is 2. The molecule has 13 heteroatoms. The Balaban J connectivity index is 1.41. The number of benzene rings is 1. The summed E-state index contributed by atoms with van der Waals surface area (Å²) in [5, 5.41) is 11.4. The van der Waals surface area contributed by atoms with Crippen LogP contribution in [0, 0.1) is 12.7 Å². The number of oxazole rings is 1. The molecule has 1 atom stereocenters. The van der Waals surface area contributed by atoms with Crippen molar-refractivity contribution in [2.75, 3.05) is 24.2 Å². The molecular formula is C32H33FN8O4. The van der Waals surface area contributed by atoms with Crippen LogP contribution in [-0.4, -0.2) is 60.8 Å². The number of rotatable bonds is 5. The van der Waals surface area contributed by atoms with Gasteiger partial charge in [-0.1, -0.05) is 6.92 Å². The lowest BCUT2D eigenvalue weighted by Crippen LogP contribution is -2.29. The zero-order valence-electron chi connectivity index (χ0n) is 25.8. The first-order valence-corrected chi connectivity index (χ1v) is 14.4. The minimum Gasteiger partial charge on any atom is -0.444 e. The van der Waals surface area contributed by atoms with Gasteiger partial charge in [-0.25, -0.2) is 19.2 Å². The zero-order valence-corrected chi connectivity index (χ0v) is 25.8. The van der Waals surface area contributed by atoms with Crippen molar-refractivity contribution >= 4 is 40.1 Å². The predicted octanol–water partition coefficient (Wildman–Crippen LogP) is 6.26. The van der Waals surface area contributed by atoms with Crippen LogP contribution in [0.5, 0.6) is 0 Å². The summed E-state index contributed by atoms with van der Waals surface area (Å²) in [6.07, 6.45) is 5.21. The first-order valence-electron chi connectivity index (χ1n) is 14.4. The molecule has 1 aromatic carbocycles. The molecule has 0 fully saturated rings. The van der Waals surface area contributed by atoms with Crippen molar-refractivity contribution in [2.45, 2.75) is 52.7 Å². The number of hydrogen-bond acceptors (Lipinski definition) is 9. The number of nitrogens with zero attached hydrogens (tertiary/aromatic N) is 6. The van der Waals surface area contributed by atoms with Crippen molar-refractivity contribution in [3.05, 3.63) is 66.2 Å². The van der Waals surface area contributed by atoms with Crippen molar-refractivity contribution < 1.29 is 23.1 Å². The Hall–Kier alpha value is -5.33. The van der Waals surface area contributed by atoms with Crippen molar-refractivity contribution in [1.82, 2.24) is 29.6 Å². The first-order chi connectivity index (χ1) is 21.4. The van der Waals surface area contributed by atoms with Gasteiger partial charge in [0.25, 0.3) is 0 Å². The number of halogens is 1. The number of nitrogens with one attached hydrogen (secondary N) is 2. The molecule has 232 valence electrons. The van der Waals surface area contributed by atoms with E-state index in [1.807, 2.05) is 19.9 Å². The van der Waals surface area contributed by atoms with Crippen LogP contribution in [0.3, 0.4) is 0 Å². The highest BCUT2D eigenvalue weighted by molar-refractivity contribution is 6.04. The monoisotopic (exact) mass is 612 g/mol. The zero-order chi connectivity index (χ0) is 32.0. The Morgan fingerprint density at radius 1 is 1.09 bits per heavy atom. The molecule has 6 rings (SSSR count). The van der Waals surface area contributed by atoms with E-state index >= 15 is 4.39 Å². The first kappa shape index (κ1) is 29.7. The third-order valence-electron chi connectivity index (χ3n) is 7.47. The van der Waals surface area contributed by atoms with E-state index in [4.69, 9.17) is 9.15 Å². The van der Waals surface area contributed by atoms with Gasteiger partial charge in [0.1, 0.15) is 29.9 Å². The summed E-state index contributed by atoms with van der Waals surface area (Å²) in [7, 11) is 1.79. The molecule has 2 N–H and O–H groups in total. The van der Waals surface area contributed by atoms with Gasteiger partial charge in [-0.2, -0.15) is 5.10 Å². The van der Waals surface area contributed by atoms with Crippen molar-refractivity contribution in [3.8, 4) is 22.7 Å². The van der Waals surface area contributed by atoms with E-state index in [1.165, 1.54) is 18.7 Å². The van der Waals surface area contributed by atoms with Gasteiger partial charge in [-0.3, -0.25) is 19.8 Å². The summed E-state index contributed by atoms with van der Waals surface area (Å²) in [6, 6.07) is 7.09. The number of aryl methyl sites for hydroxylation is 1. The number of fused-ring (bicyclic) bond motifs is 2. The second kappa shape index (κ2) is 11.3. The van der Waals surface area contributed by atoms with E-state index in [0.717, 1.165) is 11.3 Å². The summed E-state index contributed by atoms with van der Waals surface area (Å²) in [6.45, 7) is 9.80. The quantitative estimate of drug-likeness (QED) is 0.235. The minimum absolute atomic E-state index is 0.0168. The van der Waals surface area contributed by atoms with Gasteiger partial charge in [0.15, 0.2) is 11.6 Å². The number of aromatic nitrogens is 5. The van der Waals surface area contributed by atoms with Gasteiger partial charge in [-0.05, 0) is 56.8 Å². The molecule has 0 bridgehead atoms. The molecule has 0 spiro atoms. The SMILES string of the molecule is Cc1cc(-c2ncco2)ncc1-c1cc2cc(Nc3cc4n(n3)CC(=O)N(C)CC4C)ncc2c(NC(=O)OC(C)(C)C)c1F. The van der Waals surface area contributed by atoms with Gasteiger partial charge in [0.05, 0.1) is 11.9 Å². The lowest BCUT2D eigenvalue weighted by molar-refractivity contribution is -0.130. The third-order valence-corrected chi connectivity index (χ3v) is 7.47. The maximum Gasteiger partial charge on any atom is 0.412 e. The fourth-order valence-corrected chi connectivity index (χ4v) is 5.37. The average molecular weight is 613 g/mol. The van der Waals surface area contributed by atoms with Crippen LogP contribution in [0.1, 0.15) is 44.9 Å². The Kier molecular flexibility index (Phi) is 7.47. The molecule has 1 aliphatic rings. The van der Waals surface area contributed by atoms with Gasteiger partial charge in [0.2, 0.25) is 11.8 Å². The molecule has 4 aromatic heterocycles. The summed E-state index contributed by atoms with van der Waals surface area (Å²) < 4.78 is 28.8. The molecule has 5 heterocycles. The molecule has 0 saturated carbocycles. The van der Waals surface area contributed by atoms with Crippen LogP contribution >= 0.6 is 0 Å². The molecule has 5 aromatic rings. The highest BCUT2D eigenvalue weighted by Crippen LogP contribution is 2.38. The number of hydrogen-bond donors (Lipinski definition) is 2. The molecule has 12 nitrogen and oxygen atoms in total. The molecule has 0 radical (unpaired) electrons. The standard InChI is InChI=1S/C32H33FN8O4/c1-17-9-23(30-34-7-8-44-30)35-13-21(17)20-10-19-11-25(36-14-22(19)29(28(20)33)38-31(43)45-32(3,4)5)37-26-12-24-18(2)15-40(6)27(42)16-41(24)39-26/h7-14,18H,15-16H2,1-6H3,(H,38,43)(H,36,37,39). The van der Waals surface area contributed by atoms with Crippen LogP contribution < -0.4 is 10.6 Å². The number of pyridine rings is 2. The average Bonchev–Trinajstić information content (AvgIpc) is 3.62. The van der Waals surface area contributed by atoms with Crippen LogP contribution in [-0.2, 0) is 16.1 Å². The number of amides is 2. The van der Waals surface area contributed by atoms with Crippen LogP contribution in [0.15, 0.2) is 53.5 Å². The maximum atomic E-state index is 16.3. The largest absolute Gasteiger partial charge is 0.444 e. The third kappa shape index (κ3) is 6.06. The summed E-state index contributed by atoms with van der Waals surface area (Å²) >= 11 is 0. The van der Waals surface area contributed by atoms with Crippen LogP contribution in [0.4, 0.5) is 26.5 Å². The van der Waals surface area contributed by atoms with Gasteiger partial charge >= 0.3 is 6.09 Å². The van der Waals surface area contributed by atoms with E-state index in [2.05, 4.69) is 30.7 Å². The second-order valence-corrected chi connectivity index (χ2v) is 12.2. The van der Waals surface area contributed by atoms with Crippen LogP contribution in [0.2, 0.25) is 0 Å². The lowest BCUT2D eigenvalue weighted by atomic mass is 9.97. The predicted molar refractivity (Wildman–Crippen MR) is 167 cm³/mol. The highest BCUT2D eigenvalue weighted by atomic mass is 19.1. The normalized spacial score (nSPS) is 15.1. The Morgan fingerprint density at radius 2 is 1.89 bits per heavy atom. The van der Waals surface area contributed by atoms with Crippen LogP contribution in [0.25, 0.3) is 33.5 Å². The van der Waals surface area contributed by atoms with Crippen molar-refractivity contribution in [3.63, 3.8) is 0 Å². The molecule has 1 aliphatic heterocycles.